The van der Waals surface area contributed by atoms with E-state index in [0.717, 1.165) is 11.1 Å². The molecule has 0 bridgehead atoms. The van der Waals surface area contributed by atoms with Gasteiger partial charge in [0.1, 0.15) is 0 Å². The highest BCUT2D eigenvalue weighted by Crippen LogP contribution is 2.25. The third-order valence-electron chi connectivity index (χ3n) is 2.75. The number of rotatable bonds is 2. The highest BCUT2D eigenvalue weighted by atomic mass is 35.5. The second-order valence-electron chi connectivity index (χ2n) is 3.93. The molecule has 0 aliphatic heterocycles. The lowest BCUT2D eigenvalue weighted by atomic mass is 9.86. The summed E-state index contributed by atoms with van der Waals surface area (Å²) in [6, 6.07) is 20.3. The molecule has 2 heteroatoms. The minimum absolute atomic E-state index is 0. The molecule has 84 valence electrons. The van der Waals surface area contributed by atoms with Gasteiger partial charge in [-0.3, -0.25) is 0 Å². The molecule has 0 amide bonds. The SMILES string of the molecule is CC(N)(c1ccccc1)c1ccccc1.Cl. The van der Waals surface area contributed by atoms with Crippen molar-refractivity contribution < 1.29 is 0 Å². The Balaban J connectivity index is 0.00000128. The molecule has 0 saturated carbocycles. The third kappa shape index (κ3) is 2.43. The number of benzene rings is 2. The molecule has 2 aromatic rings. The zero-order valence-electron chi connectivity index (χ0n) is 9.26. The molecule has 0 heterocycles. The molecule has 0 atom stereocenters. The van der Waals surface area contributed by atoms with Gasteiger partial charge >= 0.3 is 0 Å². The van der Waals surface area contributed by atoms with Crippen LogP contribution in [-0.4, -0.2) is 0 Å². The van der Waals surface area contributed by atoms with Crippen molar-refractivity contribution >= 4 is 12.4 Å². The molecule has 0 aromatic heterocycles. The molecule has 0 fully saturated rings. The highest BCUT2D eigenvalue weighted by molar-refractivity contribution is 5.85. The monoisotopic (exact) mass is 233 g/mol. The van der Waals surface area contributed by atoms with Gasteiger partial charge in [0.2, 0.25) is 0 Å². The van der Waals surface area contributed by atoms with Gasteiger partial charge in [0, 0.05) is 0 Å². The minimum atomic E-state index is -0.414. The maximum Gasteiger partial charge on any atom is 0.0636 e. The normalized spacial score (nSPS) is 10.6. The molecule has 0 unspecified atom stereocenters. The van der Waals surface area contributed by atoms with Crippen LogP contribution in [0.2, 0.25) is 0 Å². The summed E-state index contributed by atoms with van der Waals surface area (Å²) in [5.41, 5.74) is 8.22. The third-order valence-corrected chi connectivity index (χ3v) is 2.75. The van der Waals surface area contributed by atoms with Gasteiger partial charge in [0.05, 0.1) is 5.54 Å². The van der Waals surface area contributed by atoms with Crippen molar-refractivity contribution in [3.8, 4) is 0 Å². The van der Waals surface area contributed by atoms with Crippen LogP contribution in [0.25, 0.3) is 0 Å². The summed E-state index contributed by atoms with van der Waals surface area (Å²) >= 11 is 0. The average Bonchev–Trinajstić information content (AvgIpc) is 2.31. The van der Waals surface area contributed by atoms with Crippen molar-refractivity contribution in [2.45, 2.75) is 12.5 Å². The van der Waals surface area contributed by atoms with Crippen molar-refractivity contribution in [1.82, 2.24) is 0 Å². The lowest BCUT2D eigenvalue weighted by Gasteiger charge is -2.25. The first kappa shape index (κ1) is 12.8. The van der Waals surface area contributed by atoms with E-state index in [-0.39, 0.29) is 12.4 Å². The maximum absolute atomic E-state index is 6.36. The summed E-state index contributed by atoms with van der Waals surface area (Å²) in [7, 11) is 0. The molecule has 0 radical (unpaired) electrons. The van der Waals surface area contributed by atoms with E-state index < -0.39 is 5.54 Å². The highest BCUT2D eigenvalue weighted by Gasteiger charge is 2.22. The van der Waals surface area contributed by atoms with E-state index in [4.69, 9.17) is 5.73 Å². The van der Waals surface area contributed by atoms with Gasteiger partial charge in [-0.1, -0.05) is 60.7 Å². The van der Waals surface area contributed by atoms with Crippen LogP contribution in [0.4, 0.5) is 0 Å². The van der Waals surface area contributed by atoms with Crippen molar-refractivity contribution in [2.75, 3.05) is 0 Å². The summed E-state index contributed by atoms with van der Waals surface area (Å²) in [6.07, 6.45) is 0. The Morgan fingerprint density at radius 1 is 0.750 bits per heavy atom. The maximum atomic E-state index is 6.36. The molecule has 16 heavy (non-hydrogen) atoms. The van der Waals surface area contributed by atoms with Gasteiger partial charge < -0.3 is 5.73 Å². The number of halogens is 1. The summed E-state index contributed by atoms with van der Waals surface area (Å²) < 4.78 is 0. The molecule has 0 aliphatic rings. The molecule has 0 saturated heterocycles. The van der Waals surface area contributed by atoms with E-state index in [1.165, 1.54) is 0 Å². The van der Waals surface area contributed by atoms with Gasteiger partial charge in [-0.2, -0.15) is 0 Å². The van der Waals surface area contributed by atoms with Crippen molar-refractivity contribution in [1.29, 1.82) is 0 Å². The Bertz CT molecular complexity index is 382. The summed E-state index contributed by atoms with van der Waals surface area (Å²) in [5.74, 6) is 0. The van der Waals surface area contributed by atoms with Crippen molar-refractivity contribution in [3.05, 3.63) is 71.8 Å². The second kappa shape index (κ2) is 5.15. The van der Waals surface area contributed by atoms with E-state index in [1.54, 1.807) is 0 Å². The van der Waals surface area contributed by atoms with Gasteiger partial charge in [-0.05, 0) is 18.1 Å². The molecule has 0 aliphatic carbocycles. The van der Waals surface area contributed by atoms with Gasteiger partial charge in [0.15, 0.2) is 0 Å². The fraction of sp³-hybridized carbons (Fsp3) is 0.143. The van der Waals surface area contributed by atoms with Crippen LogP contribution in [0, 0.1) is 0 Å². The first-order chi connectivity index (χ1) is 7.21. The Morgan fingerprint density at radius 3 is 1.38 bits per heavy atom. The molecular formula is C14H16ClN. The number of nitrogens with two attached hydrogens (primary N) is 1. The zero-order chi connectivity index (χ0) is 10.7. The smallest absolute Gasteiger partial charge is 0.0636 e. The van der Waals surface area contributed by atoms with Gasteiger partial charge in [-0.25, -0.2) is 0 Å². The van der Waals surface area contributed by atoms with Crippen LogP contribution >= 0.6 is 12.4 Å². The summed E-state index contributed by atoms with van der Waals surface area (Å²) in [6.45, 7) is 2.04. The molecule has 0 spiro atoms. The Kier molecular flexibility index (Phi) is 4.11. The van der Waals surface area contributed by atoms with E-state index in [0.29, 0.717) is 0 Å². The van der Waals surface area contributed by atoms with Crippen LogP contribution < -0.4 is 5.73 Å². The summed E-state index contributed by atoms with van der Waals surface area (Å²) in [5, 5.41) is 0. The predicted octanol–water partition coefficient (Wildman–Crippen LogP) is 3.33. The largest absolute Gasteiger partial charge is 0.318 e. The van der Waals surface area contributed by atoms with Crippen LogP contribution in [0.15, 0.2) is 60.7 Å². The lowest BCUT2D eigenvalue weighted by molar-refractivity contribution is 0.603. The van der Waals surface area contributed by atoms with Crippen LogP contribution in [0.1, 0.15) is 18.1 Å². The molecule has 2 N–H and O–H groups in total. The fourth-order valence-electron chi connectivity index (χ4n) is 1.74. The lowest BCUT2D eigenvalue weighted by Crippen LogP contribution is -2.34. The van der Waals surface area contributed by atoms with Crippen LogP contribution in [0.5, 0.6) is 0 Å². The van der Waals surface area contributed by atoms with E-state index in [9.17, 15) is 0 Å². The second-order valence-corrected chi connectivity index (χ2v) is 3.93. The standard InChI is InChI=1S/C14H15N.ClH/c1-14(15,12-8-4-2-5-9-12)13-10-6-3-7-11-13;/h2-11H,15H2,1H3;1H. The Hall–Kier alpha value is -1.31. The van der Waals surface area contributed by atoms with Crippen LogP contribution in [-0.2, 0) is 5.54 Å². The van der Waals surface area contributed by atoms with Crippen molar-refractivity contribution in [3.63, 3.8) is 0 Å². The predicted molar refractivity (Wildman–Crippen MR) is 70.8 cm³/mol. The van der Waals surface area contributed by atoms with E-state index in [1.807, 2.05) is 43.3 Å². The molecule has 2 aromatic carbocycles. The quantitative estimate of drug-likeness (QED) is 0.846. The van der Waals surface area contributed by atoms with E-state index in [2.05, 4.69) is 24.3 Å². The average molecular weight is 234 g/mol. The summed E-state index contributed by atoms with van der Waals surface area (Å²) in [4.78, 5) is 0. The van der Waals surface area contributed by atoms with Crippen LogP contribution in [0.3, 0.4) is 0 Å². The number of hydrogen-bond donors (Lipinski definition) is 1. The molecule has 1 nitrogen and oxygen atoms in total. The van der Waals surface area contributed by atoms with E-state index >= 15 is 0 Å². The Labute approximate surface area is 103 Å². The van der Waals surface area contributed by atoms with Gasteiger partial charge in [0.25, 0.3) is 0 Å². The zero-order valence-corrected chi connectivity index (χ0v) is 10.1. The topological polar surface area (TPSA) is 26.0 Å². The van der Waals surface area contributed by atoms with Crippen molar-refractivity contribution in [2.24, 2.45) is 5.73 Å². The molecule has 2 rings (SSSR count). The Morgan fingerprint density at radius 2 is 1.06 bits per heavy atom. The first-order valence-corrected chi connectivity index (χ1v) is 5.11. The minimum Gasteiger partial charge on any atom is -0.318 e. The molecular weight excluding hydrogens is 218 g/mol. The fourth-order valence-corrected chi connectivity index (χ4v) is 1.74. The number of hydrogen-bond acceptors (Lipinski definition) is 1. The van der Waals surface area contributed by atoms with Gasteiger partial charge in [-0.15, -0.1) is 12.4 Å². The first-order valence-electron chi connectivity index (χ1n) is 5.11.